The van der Waals surface area contributed by atoms with Crippen molar-refractivity contribution >= 4 is 49.3 Å². The number of anilines is 1. The number of thiazole rings is 1. The van der Waals surface area contributed by atoms with Gasteiger partial charge in [-0.05, 0) is 41.5 Å². The number of nitrogens with one attached hydrogen (secondary N) is 1. The Balaban J connectivity index is 1.48. The van der Waals surface area contributed by atoms with E-state index in [4.69, 9.17) is 4.74 Å². The first-order valence-electron chi connectivity index (χ1n) is 8.97. The molecule has 0 aliphatic carbocycles. The largest absolute Gasteiger partial charge is 0.462 e. The molecule has 3 aromatic carbocycles. The highest BCUT2D eigenvalue weighted by Gasteiger charge is 2.12. The van der Waals surface area contributed by atoms with Gasteiger partial charge in [-0.15, -0.1) is 0 Å². The second-order valence-corrected chi connectivity index (χ2v) is 7.36. The number of esters is 1. The van der Waals surface area contributed by atoms with Crippen LogP contribution in [-0.4, -0.2) is 23.5 Å². The lowest BCUT2D eigenvalue weighted by Crippen LogP contribution is -2.14. The molecule has 5 nitrogen and oxygen atoms in total. The van der Waals surface area contributed by atoms with Crippen LogP contribution in [0.15, 0.2) is 60.7 Å². The zero-order chi connectivity index (χ0) is 19.5. The number of hydrogen-bond donors (Lipinski definition) is 1. The molecule has 0 spiro atoms. The Labute approximate surface area is 166 Å². The summed E-state index contributed by atoms with van der Waals surface area (Å²) < 4.78 is 5.85. The van der Waals surface area contributed by atoms with Crippen molar-refractivity contribution in [3.05, 3.63) is 71.8 Å². The number of ether oxygens (including phenoxy) is 1. The van der Waals surface area contributed by atoms with Crippen molar-refractivity contribution in [3.63, 3.8) is 0 Å². The third-order valence-corrected chi connectivity index (χ3v) is 5.26. The predicted molar refractivity (Wildman–Crippen MR) is 112 cm³/mol. The van der Waals surface area contributed by atoms with E-state index >= 15 is 0 Å². The number of benzene rings is 3. The molecule has 4 aromatic rings. The minimum Gasteiger partial charge on any atom is -0.462 e. The van der Waals surface area contributed by atoms with Crippen LogP contribution < -0.4 is 5.32 Å². The van der Waals surface area contributed by atoms with Crippen molar-refractivity contribution in [3.8, 4) is 0 Å². The molecule has 0 unspecified atom stereocenters. The molecule has 1 heterocycles. The van der Waals surface area contributed by atoms with Crippen molar-refractivity contribution in [1.29, 1.82) is 0 Å². The van der Waals surface area contributed by atoms with Crippen molar-refractivity contribution in [2.24, 2.45) is 0 Å². The Morgan fingerprint density at radius 1 is 1.04 bits per heavy atom. The van der Waals surface area contributed by atoms with E-state index in [1.54, 1.807) is 25.1 Å². The lowest BCUT2D eigenvalue weighted by atomic mass is 10.1. The fraction of sp³-hybridized carbons (Fsp3) is 0.136. The maximum atomic E-state index is 12.4. The van der Waals surface area contributed by atoms with Crippen LogP contribution in [0.4, 0.5) is 5.13 Å². The number of hydrogen-bond acceptors (Lipinski definition) is 5. The summed E-state index contributed by atoms with van der Waals surface area (Å²) in [5, 5.41) is 5.63. The minimum atomic E-state index is -0.361. The molecule has 0 atom stereocenters. The van der Waals surface area contributed by atoms with E-state index in [9.17, 15) is 9.59 Å². The molecule has 0 saturated heterocycles. The van der Waals surface area contributed by atoms with Gasteiger partial charge < -0.3 is 10.1 Å². The van der Waals surface area contributed by atoms with Gasteiger partial charge in [-0.2, -0.15) is 0 Å². The molecule has 1 amide bonds. The number of fused-ring (bicyclic) bond motifs is 2. The van der Waals surface area contributed by atoms with Crippen LogP contribution in [0.3, 0.4) is 0 Å². The summed E-state index contributed by atoms with van der Waals surface area (Å²) in [6.45, 7) is 2.10. The molecular formula is C22H18N2O3S. The highest BCUT2D eigenvalue weighted by Crippen LogP contribution is 2.27. The van der Waals surface area contributed by atoms with Gasteiger partial charge in [-0.3, -0.25) is 4.79 Å². The molecule has 140 valence electrons. The number of aromatic nitrogens is 1. The van der Waals surface area contributed by atoms with Crippen molar-refractivity contribution in [2.75, 3.05) is 11.9 Å². The summed E-state index contributed by atoms with van der Waals surface area (Å²) in [7, 11) is 0. The van der Waals surface area contributed by atoms with Crippen molar-refractivity contribution in [1.82, 2.24) is 4.98 Å². The lowest BCUT2D eigenvalue weighted by molar-refractivity contribution is -0.115. The quantitative estimate of drug-likeness (QED) is 0.497. The minimum absolute atomic E-state index is 0.125. The smallest absolute Gasteiger partial charge is 0.338 e. The Morgan fingerprint density at radius 3 is 2.68 bits per heavy atom. The second kappa shape index (κ2) is 7.78. The van der Waals surface area contributed by atoms with Gasteiger partial charge in [0.05, 0.1) is 28.8 Å². The summed E-state index contributed by atoms with van der Waals surface area (Å²) in [5.41, 5.74) is 2.16. The summed E-state index contributed by atoms with van der Waals surface area (Å²) >= 11 is 1.34. The predicted octanol–water partition coefficient (Wildman–Crippen LogP) is 4.81. The SMILES string of the molecule is CCOC(=O)c1ccc2nc(NC(=O)Cc3ccc4ccccc4c3)sc2c1. The molecule has 0 aliphatic heterocycles. The van der Waals surface area contributed by atoms with Crippen molar-refractivity contribution < 1.29 is 14.3 Å². The Bertz CT molecular complexity index is 1180. The van der Waals surface area contributed by atoms with E-state index in [-0.39, 0.29) is 18.3 Å². The summed E-state index contributed by atoms with van der Waals surface area (Å²) in [6.07, 6.45) is 0.273. The monoisotopic (exact) mass is 390 g/mol. The maximum Gasteiger partial charge on any atom is 0.338 e. The van der Waals surface area contributed by atoms with Crippen LogP contribution in [-0.2, 0) is 16.0 Å². The summed E-state index contributed by atoms with van der Waals surface area (Å²) in [5.74, 6) is -0.486. The Morgan fingerprint density at radius 2 is 1.86 bits per heavy atom. The zero-order valence-corrected chi connectivity index (χ0v) is 16.1. The molecule has 4 rings (SSSR count). The number of rotatable bonds is 5. The first-order chi connectivity index (χ1) is 13.6. The molecule has 0 fully saturated rings. The van der Waals surface area contributed by atoms with Crippen LogP contribution in [0.2, 0.25) is 0 Å². The molecular weight excluding hydrogens is 372 g/mol. The van der Waals surface area contributed by atoms with Gasteiger partial charge >= 0.3 is 5.97 Å². The third kappa shape index (κ3) is 3.87. The maximum absolute atomic E-state index is 12.4. The van der Waals surface area contributed by atoms with Crippen LogP contribution in [0.1, 0.15) is 22.8 Å². The second-order valence-electron chi connectivity index (χ2n) is 6.33. The molecule has 1 N–H and O–H groups in total. The van der Waals surface area contributed by atoms with Gasteiger partial charge in [-0.25, -0.2) is 9.78 Å². The van der Waals surface area contributed by atoms with E-state index in [1.165, 1.54) is 11.3 Å². The van der Waals surface area contributed by atoms with Crippen molar-refractivity contribution in [2.45, 2.75) is 13.3 Å². The van der Waals surface area contributed by atoms with Crippen LogP contribution in [0.5, 0.6) is 0 Å². The molecule has 0 aliphatic rings. The average Bonchev–Trinajstić information content (AvgIpc) is 3.09. The Hall–Kier alpha value is -3.25. The van der Waals surface area contributed by atoms with Gasteiger partial charge in [0.25, 0.3) is 0 Å². The molecule has 28 heavy (non-hydrogen) atoms. The normalized spacial score (nSPS) is 10.9. The molecule has 0 saturated carbocycles. The lowest BCUT2D eigenvalue weighted by Gasteiger charge is -2.04. The number of carbonyl (C=O) groups is 2. The fourth-order valence-corrected chi connectivity index (χ4v) is 3.94. The topological polar surface area (TPSA) is 68.3 Å². The van der Waals surface area contributed by atoms with Crippen LogP contribution >= 0.6 is 11.3 Å². The van der Waals surface area contributed by atoms with Crippen LogP contribution in [0.25, 0.3) is 21.0 Å². The number of amides is 1. The van der Waals surface area contributed by atoms with E-state index in [1.807, 2.05) is 42.5 Å². The molecule has 0 bridgehead atoms. The molecule has 6 heteroatoms. The van der Waals surface area contributed by atoms with Gasteiger partial charge in [0.2, 0.25) is 5.91 Å². The van der Waals surface area contributed by atoms with Crippen LogP contribution in [0, 0.1) is 0 Å². The van der Waals surface area contributed by atoms with E-state index in [2.05, 4.69) is 10.3 Å². The molecule has 1 aromatic heterocycles. The standard InChI is InChI=1S/C22H18N2O3S/c1-2-27-21(26)17-9-10-18-19(13-17)28-22(23-18)24-20(25)12-14-7-8-15-5-3-4-6-16(15)11-14/h3-11,13H,2,12H2,1H3,(H,23,24,25). The highest BCUT2D eigenvalue weighted by atomic mass is 32.1. The third-order valence-electron chi connectivity index (χ3n) is 4.32. The van der Waals surface area contributed by atoms with Gasteiger partial charge in [0, 0.05) is 0 Å². The van der Waals surface area contributed by atoms with Gasteiger partial charge in [-0.1, -0.05) is 53.8 Å². The first kappa shape index (κ1) is 18.1. The first-order valence-corrected chi connectivity index (χ1v) is 9.79. The number of nitrogens with zero attached hydrogens (tertiary/aromatic N) is 1. The van der Waals surface area contributed by atoms with Gasteiger partial charge in [0.1, 0.15) is 0 Å². The summed E-state index contributed by atoms with van der Waals surface area (Å²) in [4.78, 5) is 28.7. The van der Waals surface area contributed by atoms with E-state index < -0.39 is 0 Å². The fourth-order valence-electron chi connectivity index (χ4n) is 3.02. The number of carbonyl (C=O) groups excluding carboxylic acids is 2. The average molecular weight is 390 g/mol. The summed E-state index contributed by atoms with van der Waals surface area (Å²) in [6, 6.07) is 19.3. The highest BCUT2D eigenvalue weighted by molar-refractivity contribution is 7.22. The molecule has 0 radical (unpaired) electrons. The van der Waals surface area contributed by atoms with E-state index in [0.29, 0.717) is 17.3 Å². The zero-order valence-electron chi connectivity index (χ0n) is 15.3. The van der Waals surface area contributed by atoms with E-state index in [0.717, 1.165) is 26.6 Å². The Kier molecular flexibility index (Phi) is 5.04. The van der Waals surface area contributed by atoms with Gasteiger partial charge in [0.15, 0.2) is 5.13 Å².